The predicted octanol–water partition coefficient (Wildman–Crippen LogP) is 2.82. The van der Waals surface area contributed by atoms with Crippen LogP contribution in [0, 0.1) is 11.8 Å². The molecule has 0 aliphatic heterocycles. The second-order valence-corrected chi connectivity index (χ2v) is 7.03. The van der Waals surface area contributed by atoms with Gasteiger partial charge in [-0.2, -0.15) is 0 Å². The molecule has 0 fully saturated rings. The molecule has 1 amide bonds. The minimum Gasteiger partial charge on any atom is -0.507 e. The molecule has 1 aromatic carbocycles. The lowest BCUT2D eigenvalue weighted by molar-refractivity contribution is -0.112. The molecule has 0 bridgehead atoms. The Kier molecular flexibility index (Phi) is 4.19. The van der Waals surface area contributed by atoms with Gasteiger partial charge in [0.05, 0.1) is 0 Å². The number of rotatable bonds is 0. The Hall–Kier alpha value is -1.95. The topological polar surface area (TPSA) is 63.3 Å². The maximum atomic E-state index is 10.8. The van der Waals surface area contributed by atoms with Gasteiger partial charge in [0.2, 0.25) is 0 Å². The van der Waals surface area contributed by atoms with Gasteiger partial charge in [0.15, 0.2) is 0 Å². The molecule has 1 rings (SSSR count). The number of phenols is 1. The first-order valence-electron chi connectivity index (χ1n) is 6.62. The van der Waals surface area contributed by atoms with Crippen molar-refractivity contribution in [1.82, 2.24) is 0 Å². The van der Waals surface area contributed by atoms with Crippen LogP contribution < -0.4 is 5.73 Å². The third-order valence-electron chi connectivity index (χ3n) is 3.06. The number of carbonyl (C=O) groups is 1. The van der Waals surface area contributed by atoms with E-state index in [4.69, 9.17) is 5.73 Å². The molecule has 0 aliphatic carbocycles. The summed E-state index contributed by atoms with van der Waals surface area (Å²) >= 11 is 0. The SMILES string of the molecule is CC(C)(C)c1cc(C#CC(N)=O)cc(C(C)(C)C)c1O. The van der Waals surface area contributed by atoms with Crippen LogP contribution in [0.5, 0.6) is 5.75 Å². The van der Waals surface area contributed by atoms with Crippen LogP contribution in [0.1, 0.15) is 58.2 Å². The number of phenolic OH excluding ortho intramolecular Hbond substituents is 1. The third kappa shape index (κ3) is 3.77. The van der Waals surface area contributed by atoms with Gasteiger partial charge in [0, 0.05) is 16.7 Å². The van der Waals surface area contributed by atoms with E-state index < -0.39 is 5.91 Å². The van der Waals surface area contributed by atoms with Crippen molar-refractivity contribution in [2.75, 3.05) is 0 Å². The van der Waals surface area contributed by atoms with Crippen molar-refractivity contribution >= 4 is 5.91 Å². The quantitative estimate of drug-likeness (QED) is 0.714. The molecule has 3 nitrogen and oxygen atoms in total. The van der Waals surface area contributed by atoms with Crippen molar-refractivity contribution in [3.63, 3.8) is 0 Å². The van der Waals surface area contributed by atoms with Crippen LogP contribution in [-0.2, 0) is 15.6 Å². The summed E-state index contributed by atoms with van der Waals surface area (Å²) in [6.45, 7) is 12.2. The molecule has 0 saturated heterocycles. The van der Waals surface area contributed by atoms with Crippen molar-refractivity contribution in [1.29, 1.82) is 0 Å². The first-order chi connectivity index (χ1) is 8.93. The molecule has 0 spiro atoms. The van der Waals surface area contributed by atoms with Gasteiger partial charge >= 0.3 is 0 Å². The van der Waals surface area contributed by atoms with E-state index in [0.29, 0.717) is 11.3 Å². The van der Waals surface area contributed by atoms with Gasteiger partial charge in [-0.15, -0.1) is 0 Å². The monoisotopic (exact) mass is 273 g/mol. The number of benzene rings is 1. The molecule has 1 aromatic rings. The summed E-state index contributed by atoms with van der Waals surface area (Å²) in [4.78, 5) is 10.8. The van der Waals surface area contributed by atoms with Gasteiger partial charge < -0.3 is 10.8 Å². The summed E-state index contributed by atoms with van der Waals surface area (Å²) in [5, 5.41) is 10.5. The van der Waals surface area contributed by atoms with Crippen molar-refractivity contribution in [2.24, 2.45) is 5.73 Å². The fourth-order valence-electron chi connectivity index (χ4n) is 1.98. The second-order valence-electron chi connectivity index (χ2n) is 7.03. The van der Waals surface area contributed by atoms with Crippen molar-refractivity contribution in [3.8, 4) is 17.6 Å². The van der Waals surface area contributed by atoms with E-state index in [2.05, 4.69) is 11.8 Å². The summed E-state index contributed by atoms with van der Waals surface area (Å²) in [5.74, 6) is 4.75. The largest absolute Gasteiger partial charge is 0.507 e. The van der Waals surface area contributed by atoms with Gasteiger partial charge in [-0.25, -0.2) is 0 Å². The van der Waals surface area contributed by atoms with Crippen molar-refractivity contribution < 1.29 is 9.90 Å². The van der Waals surface area contributed by atoms with E-state index in [1.54, 1.807) is 0 Å². The molecular weight excluding hydrogens is 250 g/mol. The smallest absolute Gasteiger partial charge is 0.293 e. The van der Waals surface area contributed by atoms with Crippen molar-refractivity contribution in [3.05, 3.63) is 28.8 Å². The molecule has 108 valence electrons. The number of nitrogens with two attached hydrogens (primary N) is 1. The Labute approximate surface area is 121 Å². The first kappa shape index (κ1) is 16.1. The Balaban J connectivity index is 3.60. The maximum absolute atomic E-state index is 10.8. The van der Waals surface area contributed by atoms with Gasteiger partial charge in [-0.3, -0.25) is 4.79 Å². The van der Waals surface area contributed by atoms with E-state index in [9.17, 15) is 9.90 Å². The highest BCUT2D eigenvalue weighted by atomic mass is 16.3. The number of carbonyl (C=O) groups excluding carboxylic acids is 1. The molecule has 0 radical (unpaired) electrons. The minimum atomic E-state index is -0.660. The average Bonchev–Trinajstić information content (AvgIpc) is 2.24. The maximum Gasteiger partial charge on any atom is 0.293 e. The van der Waals surface area contributed by atoms with Gasteiger partial charge in [-0.05, 0) is 28.9 Å². The number of primary amides is 1. The molecule has 3 heteroatoms. The van der Waals surface area contributed by atoms with Crippen molar-refractivity contribution in [2.45, 2.75) is 52.4 Å². The number of aromatic hydroxyl groups is 1. The molecule has 0 aliphatic rings. The summed E-state index contributed by atoms with van der Waals surface area (Å²) in [5.41, 5.74) is 6.96. The van der Waals surface area contributed by atoms with Crippen LogP contribution in [0.15, 0.2) is 12.1 Å². The van der Waals surface area contributed by atoms with Crippen LogP contribution in [0.2, 0.25) is 0 Å². The zero-order valence-corrected chi connectivity index (χ0v) is 13.1. The predicted molar refractivity (Wildman–Crippen MR) is 81.6 cm³/mol. The Morgan fingerprint density at radius 2 is 1.45 bits per heavy atom. The number of hydrogen-bond donors (Lipinski definition) is 2. The van der Waals surface area contributed by atoms with E-state index in [1.807, 2.05) is 53.7 Å². The summed E-state index contributed by atoms with van der Waals surface area (Å²) in [6.07, 6.45) is 0. The normalized spacial score (nSPS) is 11.7. The zero-order chi connectivity index (χ0) is 15.7. The van der Waals surface area contributed by atoms with E-state index in [-0.39, 0.29) is 10.8 Å². The third-order valence-corrected chi connectivity index (χ3v) is 3.06. The van der Waals surface area contributed by atoms with Gasteiger partial charge in [-0.1, -0.05) is 47.5 Å². The van der Waals surface area contributed by atoms with Crippen LogP contribution in [0.4, 0.5) is 0 Å². The van der Waals surface area contributed by atoms with E-state index in [0.717, 1.165) is 11.1 Å². The highest BCUT2D eigenvalue weighted by molar-refractivity contribution is 5.92. The van der Waals surface area contributed by atoms with Crippen LogP contribution >= 0.6 is 0 Å². The molecule has 0 aromatic heterocycles. The first-order valence-corrected chi connectivity index (χ1v) is 6.62. The summed E-state index contributed by atoms with van der Waals surface area (Å²) in [7, 11) is 0. The highest BCUT2D eigenvalue weighted by Crippen LogP contribution is 2.39. The molecule has 0 atom stereocenters. The molecule has 20 heavy (non-hydrogen) atoms. The fourth-order valence-corrected chi connectivity index (χ4v) is 1.98. The number of amides is 1. The van der Waals surface area contributed by atoms with Gasteiger partial charge in [0.25, 0.3) is 5.91 Å². The molecule has 3 N–H and O–H groups in total. The summed E-state index contributed by atoms with van der Waals surface area (Å²) < 4.78 is 0. The second kappa shape index (κ2) is 5.20. The highest BCUT2D eigenvalue weighted by Gasteiger charge is 2.26. The van der Waals surface area contributed by atoms with E-state index in [1.165, 1.54) is 0 Å². The Morgan fingerprint density at radius 3 is 1.75 bits per heavy atom. The van der Waals surface area contributed by atoms with Gasteiger partial charge in [0.1, 0.15) is 5.75 Å². The minimum absolute atomic E-state index is 0.214. The lowest BCUT2D eigenvalue weighted by Gasteiger charge is -2.27. The van der Waals surface area contributed by atoms with E-state index >= 15 is 0 Å². The molecular formula is C17H23NO2. The molecule has 0 saturated carbocycles. The average molecular weight is 273 g/mol. The lowest BCUT2D eigenvalue weighted by atomic mass is 9.78. The molecule has 0 unspecified atom stereocenters. The standard InChI is InChI=1S/C17H23NO2/c1-16(2,3)12-9-11(7-8-14(18)19)10-13(15(12)20)17(4,5)6/h9-10,20H,1-6H3,(H2,18,19). The fraction of sp³-hybridized carbons (Fsp3) is 0.471. The zero-order valence-electron chi connectivity index (χ0n) is 13.1. The van der Waals surface area contributed by atoms with Crippen LogP contribution in [-0.4, -0.2) is 11.0 Å². The molecule has 0 heterocycles. The van der Waals surface area contributed by atoms with Crippen LogP contribution in [0.3, 0.4) is 0 Å². The summed E-state index contributed by atoms with van der Waals surface area (Å²) in [6, 6.07) is 3.64. The Morgan fingerprint density at radius 1 is 1.05 bits per heavy atom. The number of hydrogen-bond acceptors (Lipinski definition) is 2. The van der Waals surface area contributed by atoms with Crippen LogP contribution in [0.25, 0.3) is 0 Å². The lowest BCUT2D eigenvalue weighted by Crippen LogP contribution is -2.17. The Bertz CT molecular complexity index is 555.